The van der Waals surface area contributed by atoms with Crippen LogP contribution in [0, 0.1) is 6.92 Å². The number of hydrogen-bond acceptors (Lipinski definition) is 2. The lowest BCUT2D eigenvalue weighted by Gasteiger charge is -2.07. The zero-order valence-electron chi connectivity index (χ0n) is 9.77. The van der Waals surface area contributed by atoms with Crippen LogP contribution in [-0.4, -0.2) is 6.54 Å². The van der Waals surface area contributed by atoms with Crippen LogP contribution in [-0.2, 0) is 13.1 Å². The van der Waals surface area contributed by atoms with Gasteiger partial charge < -0.3 is 12.4 Å². The summed E-state index contributed by atoms with van der Waals surface area (Å²) in [5.74, 6) is 0. The van der Waals surface area contributed by atoms with Crippen molar-refractivity contribution < 1.29 is 17.0 Å². The minimum atomic E-state index is 0. The summed E-state index contributed by atoms with van der Waals surface area (Å²) in [4.78, 5) is 2.47. The predicted octanol–water partition coefficient (Wildman–Crippen LogP) is -0.632. The number of hydrogen-bond donors (Lipinski definition) is 0. The second-order valence-electron chi connectivity index (χ2n) is 4.22. The van der Waals surface area contributed by atoms with E-state index >= 15 is 0 Å². The van der Waals surface area contributed by atoms with E-state index in [2.05, 4.69) is 52.1 Å². The summed E-state index contributed by atoms with van der Waals surface area (Å²) in [7, 11) is 0. The molecule has 1 aromatic carbocycles. The summed E-state index contributed by atoms with van der Waals surface area (Å²) >= 11 is 1.85. The molecule has 0 aliphatic carbocycles. The Labute approximate surface area is 112 Å². The fourth-order valence-corrected chi connectivity index (χ4v) is 3.27. The van der Waals surface area contributed by atoms with E-state index in [1.54, 1.807) is 0 Å². The van der Waals surface area contributed by atoms with Crippen molar-refractivity contribution in [2.24, 2.45) is 0 Å². The Balaban J connectivity index is 0.00000108. The molecular formula is C13H15ClN2S. The Bertz CT molecular complexity index is 495. The molecule has 0 unspecified atom stereocenters. The Hall–Kier alpha value is -1.06. The summed E-state index contributed by atoms with van der Waals surface area (Å²) in [6, 6.07) is 10.7. The van der Waals surface area contributed by atoms with Crippen LogP contribution in [0.2, 0.25) is 0 Å². The first kappa shape index (κ1) is 12.4. The van der Waals surface area contributed by atoms with Gasteiger partial charge in [0.2, 0.25) is 0 Å². The molecule has 17 heavy (non-hydrogen) atoms. The molecule has 0 amide bonds. The third-order valence-electron chi connectivity index (χ3n) is 3.07. The molecule has 0 spiro atoms. The molecule has 2 aromatic rings. The molecule has 0 atom stereocenters. The summed E-state index contributed by atoms with van der Waals surface area (Å²) in [5.41, 5.74) is 2.78. The predicted molar refractivity (Wildman–Crippen MR) is 66.7 cm³/mol. The van der Waals surface area contributed by atoms with Crippen LogP contribution in [0.3, 0.4) is 0 Å². The normalized spacial score (nSPS) is 13.4. The average Bonchev–Trinajstić information content (AvgIpc) is 2.86. The first-order chi connectivity index (χ1) is 7.84. The van der Waals surface area contributed by atoms with Crippen LogP contribution in [0.15, 0.2) is 35.7 Å². The summed E-state index contributed by atoms with van der Waals surface area (Å²) in [5, 5.41) is 3.65. The molecule has 4 heteroatoms. The van der Waals surface area contributed by atoms with Crippen molar-refractivity contribution in [3.63, 3.8) is 0 Å². The number of nitrogens with zero attached hydrogens (tertiary/aromatic N) is 2. The van der Waals surface area contributed by atoms with Crippen LogP contribution in [0.1, 0.15) is 11.3 Å². The lowest BCUT2D eigenvalue weighted by atomic mass is 10.2. The van der Waals surface area contributed by atoms with Crippen molar-refractivity contribution in [2.45, 2.75) is 20.0 Å². The second kappa shape index (κ2) is 5.07. The van der Waals surface area contributed by atoms with Crippen molar-refractivity contribution in [1.29, 1.82) is 0 Å². The lowest BCUT2D eigenvalue weighted by molar-refractivity contribution is -0.673. The molecule has 1 aliphatic rings. The van der Waals surface area contributed by atoms with Crippen LogP contribution in [0.4, 0.5) is 5.13 Å². The van der Waals surface area contributed by atoms with Crippen LogP contribution < -0.4 is 21.9 Å². The van der Waals surface area contributed by atoms with Gasteiger partial charge in [0, 0.05) is 5.38 Å². The average molecular weight is 267 g/mol. The third kappa shape index (κ3) is 2.31. The van der Waals surface area contributed by atoms with Crippen molar-refractivity contribution in [2.75, 3.05) is 11.4 Å². The first-order valence-corrected chi connectivity index (χ1v) is 6.49. The number of thiazole rings is 1. The molecular weight excluding hydrogens is 252 g/mol. The molecule has 0 radical (unpaired) electrons. The van der Waals surface area contributed by atoms with Gasteiger partial charge in [-0.05, 0) is 12.5 Å². The number of benzene rings is 1. The molecule has 2 heterocycles. The molecule has 1 aliphatic heterocycles. The molecule has 0 fully saturated rings. The Morgan fingerprint density at radius 3 is 2.82 bits per heavy atom. The lowest BCUT2D eigenvalue weighted by Crippen LogP contribution is -3.00. The highest BCUT2D eigenvalue weighted by Crippen LogP contribution is 2.24. The van der Waals surface area contributed by atoms with Crippen molar-refractivity contribution in [3.05, 3.63) is 47.0 Å². The Morgan fingerprint density at radius 1 is 1.29 bits per heavy atom. The standard InChI is InChI=1S/C13H15N2S.ClH/c1-11-10-16-13-14(7-8-15(11)13)9-12-5-3-2-4-6-12;/h2-6,10H,7-9H2,1H3;1H/q+1;/p-1. The molecule has 90 valence electrons. The van der Waals surface area contributed by atoms with Gasteiger partial charge in [-0.3, -0.25) is 0 Å². The summed E-state index contributed by atoms with van der Waals surface area (Å²) in [6.45, 7) is 5.49. The van der Waals surface area contributed by atoms with E-state index in [-0.39, 0.29) is 12.4 Å². The van der Waals surface area contributed by atoms with Crippen LogP contribution in [0.25, 0.3) is 0 Å². The fourth-order valence-electron chi connectivity index (χ4n) is 2.20. The summed E-state index contributed by atoms with van der Waals surface area (Å²) < 4.78 is 2.41. The van der Waals surface area contributed by atoms with E-state index in [1.165, 1.54) is 16.4 Å². The highest BCUT2D eigenvalue weighted by Gasteiger charge is 2.30. The smallest absolute Gasteiger partial charge is 0.336 e. The van der Waals surface area contributed by atoms with Gasteiger partial charge in [0.1, 0.15) is 25.3 Å². The zero-order chi connectivity index (χ0) is 11.0. The molecule has 0 N–H and O–H groups in total. The van der Waals surface area contributed by atoms with Gasteiger partial charge in [-0.1, -0.05) is 41.7 Å². The van der Waals surface area contributed by atoms with Gasteiger partial charge in [0.15, 0.2) is 0 Å². The number of halogens is 1. The fraction of sp³-hybridized carbons (Fsp3) is 0.308. The van der Waals surface area contributed by atoms with Gasteiger partial charge in [-0.2, -0.15) is 0 Å². The number of fused-ring (bicyclic) bond motifs is 1. The van der Waals surface area contributed by atoms with E-state index in [1.807, 2.05) is 11.3 Å². The number of anilines is 1. The second-order valence-corrected chi connectivity index (χ2v) is 5.06. The zero-order valence-corrected chi connectivity index (χ0v) is 11.3. The molecule has 2 nitrogen and oxygen atoms in total. The maximum absolute atomic E-state index is 2.47. The molecule has 0 saturated heterocycles. The van der Waals surface area contributed by atoms with E-state index < -0.39 is 0 Å². The number of aromatic nitrogens is 1. The SMILES string of the molecule is Cc1csc2[n+]1CCN2Cc1ccccc1.[Cl-]. The Kier molecular flexibility index (Phi) is 3.69. The van der Waals surface area contributed by atoms with E-state index in [0.717, 1.165) is 19.6 Å². The number of aryl methyl sites for hydroxylation is 1. The highest BCUT2D eigenvalue weighted by atomic mass is 35.5. The van der Waals surface area contributed by atoms with Gasteiger partial charge in [0.25, 0.3) is 0 Å². The maximum Gasteiger partial charge on any atom is 0.336 e. The maximum atomic E-state index is 2.47. The quantitative estimate of drug-likeness (QED) is 0.657. The van der Waals surface area contributed by atoms with E-state index in [0.29, 0.717) is 0 Å². The highest BCUT2D eigenvalue weighted by molar-refractivity contribution is 7.13. The van der Waals surface area contributed by atoms with Crippen molar-refractivity contribution >= 4 is 16.5 Å². The number of rotatable bonds is 2. The first-order valence-electron chi connectivity index (χ1n) is 5.61. The minimum Gasteiger partial charge on any atom is -1.00 e. The Morgan fingerprint density at radius 2 is 2.06 bits per heavy atom. The van der Waals surface area contributed by atoms with Gasteiger partial charge in [-0.15, -0.1) is 0 Å². The van der Waals surface area contributed by atoms with Gasteiger partial charge >= 0.3 is 5.13 Å². The minimum absolute atomic E-state index is 0. The topological polar surface area (TPSA) is 7.12 Å². The van der Waals surface area contributed by atoms with Crippen molar-refractivity contribution in [1.82, 2.24) is 0 Å². The van der Waals surface area contributed by atoms with Gasteiger partial charge in [-0.25, -0.2) is 9.47 Å². The van der Waals surface area contributed by atoms with E-state index in [9.17, 15) is 0 Å². The van der Waals surface area contributed by atoms with E-state index in [4.69, 9.17) is 0 Å². The van der Waals surface area contributed by atoms with Crippen LogP contribution >= 0.6 is 11.3 Å². The molecule has 0 saturated carbocycles. The van der Waals surface area contributed by atoms with Crippen LogP contribution in [0.5, 0.6) is 0 Å². The third-order valence-corrected chi connectivity index (χ3v) is 4.22. The van der Waals surface area contributed by atoms with Crippen molar-refractivity contribution in [3.8, 4) is 0 Å². The molecule has 1 aromatic heterocycles. The monoisotopic (exact) mass is 266 g/mol. The summed E-state index contributed by atoms with van der Waals surface area (Å²) in [6.07, 6.45) is 0. The molecule has 3 rings (SSSR count). The van der Waals surface area contributed by atoms with Gasteiger partial charge in [0.05, 0.1) is 0 Å². The largest absolute Gasteiger partial charge is 1.00 e. The molecule has 0 bridgehead atoms.